The summed E-state index contributed by atoms with van der Waals surface area (Å²) in [5, 5.41) is 2.70. The van der Waals surface area contributed by atoms with Crippen molar-refractivity contribution in [2.24, 2.45) is 0 Å². The molecule has 0 aromatic carbocycles. The first-order valence-electron chi connectivity index (χ1n) is 9.72. The summed E-state index contributed by atoms with van der Waals surface area (Å²) in [5.41, 5.74) is 1.11. The molecule has 1 aromatic heterocycles. The summed E-state index contributed by atoms with van der Waals surface area (Å²) in [4.78, 5) is 23.3. The number of aryl methyl sites for hydroxylation is 1. The highest BCUT2D eigenvalue weighted by Gasteiger charge is 2.37. The van der Waals surface area contributed by atoms with Gasteiger partial charge in [-0.05, 0) is 12.5 Å². The molecule has 2 atom stereocenters. The molecule has 0 radical (unpaired) electrons. The number of carbonyl (C=O) groups excluding carboxylic acids is 1. The van der Waals surface area contributed by atoms with E-state index in [4.69, 9.17) is 23.2 Å². The van der Waals surface area contributed by atoms with Crippen molar-refractivity contribution in [3.63, 3.8) is 0 Å². The zero-order chi connectivity index (χ0) is 21.0. The van der Waals surface area contributed by atoms with E-state index in [0.717, 1.165) is 5.56 Å². The first-order valence-corrected chi connectivity index (χ1v) is 10.5. The largest absolute Gasteiger partial charge is 0.350 e. The molecule has 1 amide bonds. The zero-order valence-electron chi connectivity index (χ0n) is 16.2. The van der Waals surface area contributed by atoms with Crippen LogP contribution in [-0.2, 0) is 11.2 Å². The van der Waals surface area contributed by atoms with Gasteiger partial charge in [0.05, 0.1) is 22.0 Å². The van der Waals surface area contributed by atoms with Gasteiger partial charge in [0.1, 0.15) is 5.82 Å². The number of nitrogens with zero attached hydrogens (tertiary/aromatic N) is 3. The topological polar surface area (TPSA) is 58.1 Å². The fourth-order valence-electron chi connectivity index (χ4n) is 3.52. The van der Waals surface area contributed by atoms with Crippen LogP contribution in [0.2, 0.25) is 0 Å². The first kappa shape index (κ1) is 22.1. The lowest BCUT2D eigenvalue weighted by Gasteiger charge is -2.37. The third kappa shape index (κ3) is 5.53. The number of aromatic nitrogens is 2. The van der Waals surface area contributed by atoms with Crippen molar-refractivity contribution in [1.29, 1.82) is 0 Å². The summed E-state index contributed by atoms with van der Waals surface area (Å²) < 4.78 is 27.2. The van der Waals surface area contributed by atoms with E-state index in [9.17, 15) is 13.6 Å². The number of halogens is 4. The van der Waals surface area contributed by atoms with Crippen LogP contribution in [0.15, 0.2) is 35.2 Å². The van der Waals surface area contributed by atoms with Gasteiger partial charge in [0, 0.05) is 56.9 Å². The molecule has 29 heavy (non-hydrogen) atoms. The highest BCUT2D eigenvalue weighted by molar-refractivity contribution is 6.36. The van der Waals surface area contributed by atoms with Crippen molar-refractivity contribution in [3.8, 4) is 0 Å². The molecule has 1 saturated heterocycles. The number of amides is 1. The summed E-state index contributed by atoms with van der Waals surface area (Å²) in [7, 11) is 0. The van der Waals surface area contributed by atoms with Crippen LogP contribution in [-0.4, -0.2) is 51.7 Å². The van der Waals surface area contributed by atoms with Crippen molar-refractivity contribution in [3.05, 3.63) is 46.5 Å². The number of alkyl halides is 3. The van der Waals surface area contributed by atoms with Crippen LogP contribution in [0.1, 0.15) is 43.6 Å². The van der Waals surface area contributed by atoms with Gasteiger partial charge in [0.15, 0.2) is 0 Å². The lowest BCUT2D eigenvalue weighted by molar-refractivity contribution is -0.118. The summed E-state index contributed by atoms with van der Waals surface area (Å²) in [6.45, 7) is 2.64. The van der Waals surface area contributed by atoms with Crippen LogP contribution in [0, 0.1) is 0 Å². The fourth-order valence-corrected chi connectivity index (χ4v) is 4.21. The highest BCUT2D eigenvalue weighted by atomic mass is 35.5. The van der Waals surface area contributed by atoms with E-state index in [0.29, 0.717) is 29.3 Å². The maximum atomic E-state index is 13.6. The van der Waals surface area contributed by atoms with Gasteiger partial charge in [0.25, 0.3) is 5.92 Å². The smallest absolute Gasteiger partial charge is 0.250 e. The third-order valence-electron chi connectivity index (χ3n) is 5.27. The molecule has 5 nitrogen and oxygen atoms in total. The highest BCUT2D eigenvalue weighted by Crippen LogP contribution is 2.32. The van der Waals surface area contributed by atoms with Crippen LogP contribution in [0.25, 0.3) is 0 Å². The molecule has 2 heterocycles. The summed E-state index contributed by atoms with van der Waals surface area (Å²) in [5.74, 6) is -2.29. The van der Waals surface area contributed by atoms with Gasteiger partial charge >= 0.3 is 0 Å². The van der Waals surface area contributed by atoms with E-state index in [-0.39, 0.29) is 44.4 Å². The Kier molecular flexibility index (Phi) is 7.24. The summed E-state index contributed by atoms with van der Waals surface area (Å²) in [6.07, 6.45) is 7.70. The minimum absolute atomic E-state index is 0.211. The molecular formula is C20H24Cl2F2N4O. The fraction of sp³-hybridized carbons (Fsp3) is 0.550. The molecule has 1 aliphatic carbocycles. The normalized spacial score (nSPS) is 23.1. The Balaban J connectivity index is 1.76. The lowest BCUT2D eigenvalue weighted by Crippen LogP contribution is -2.45. The van der Waals surface area contributed by atoms with Crippen molar-refractivity contribution < 1.29 is 13.6 Å². The van der Waals surface area contributed by atoms with Gasteiger partial charge in [-0.2, -0.15) is 0 Å². The molecule has 1 aromatic rings. The van der Waals surface area contributed by atoms with E-state index < -0.39 is 11.3 Å². The molecule has 1 aliphatic heterocycles. The van der Waals surface area contributed by atoms with Crippen LogP contribution >= 0.6 is 23.2 Å². The summed E-state index contributed by atoms with van der Waals surface area (Å²) in [6, 6.07) is -0.312. The molecule has 0 spiro atoms. The van der Waals surface area contributed by atoms with Crippen LogP contribution in [0.4, 0.5) is 8.78 Å². The van der Waals surface area contributed by atoms with E-state index in [1.807, 2.05) is 17.9 Å². The minimum Gasteiger partial charge on any atom is -0.350 e. The third-order valence-corrected chi connectivity index (χ3v) is 6.00. The van der Waals surface area contributed by atoms with Gasteiger partial charge in [-0.25, -0.2) is 18.7 Å². The zero-order valence-corrected chi connectivity index (χ0v) is 17.7. The Bertz CT molecular complexity index is 788. The maximum absolute atomic E-state index is 13.6. The quantitative estimate of drug-likeness (QED) is 0.673. The summed E-state index contributed by atoms with van der Waals surface area (Å²) >= 11 is 12.4. The average molecular weight is 445 g/mol. The van der Waals surface area contributed by atoms with Crippen LogP contribution in [0.5, 0.6) is 0 Å². The Morgan fingerprint density at radius 1 is 1.34 bits per heavy atom. The molecule has 2 aliphatic rings. The lowest BCUT2D eigenvalue weighted by atomic mass is 10.0. The van der Waals surface area contributed by atoms with E-state index >= 15 is 0 Å². The minimum atomic E-state index is -2.65. The first-order chi connectivity index (χ1) is 13.8. The van der Waals surface area contributed by atoms with E-state index in [1.54, 1.807) is 18.5 Å². The van der Waals surface area contributed by atoms with Gasteiger partial charge in [-0.15, -0.1) is 11.6 Å². The number of hydrogen-bond donors (Lipinski definition) is 1. The second-order valence-electron chi connectivity index (χ2n) is 7.27. The number of hydrogen-bond acceptors (Lipinski definition) is 4. The SMILES string of the molecule is CCc1ncc([C@@H](CNC(=O)C2=C(Cl)C=CC[C@@H]2Cl)N2CCC(F)(F)CC2)cn1. The van der Waals surface area contributed by atoms with Gasteiger partial charge in [0.2, 0.25) is 5.91 Å². The van der Waals surface area contributed by atoms with Gasteiger partial charge < -0.3 is 5.32 Å². The van der Waals surface area contributed by atoms with Crippen LogP contribution in [0.3, 0.4) is 0 Å². The van der Waals surface area contributed by atoms with Crippen molar-refractivity contribution in [2.45, 2.75) is 49.9 Å². The number of allylic oxidation sites excluding steroid dienone is 3. The van der Waals surface area contributed by atoms with Gasteiger partial charge in [-0.1, -0.05) is 24.6 Å². The predicted octanol–water partition coefficient (Wildman–Crippen LogP) is 3.99. The predicted molar refractivity (Wildman–Crippen MR) is 109 cm³/mol. The second-order valence-corrected chi connectivity index (χ2v) is 8.21. The number of rotatable bonds is 6. The van der Waals surface area contributed by atoms with Crippen LogP contribution < -0.4 is 5.32 Å². The Morgan fingerprint density at radius 2 is 2.00 bits per heavy atom. The monoisotopic (exact) mass is 444 g/mol. The standard InChI is InChI=1S/C20H24Cl2F2N4O/c1-2-17-25-10-13(11-26-17)16(28-8-6-20(23,24)7-9-28)12-27-19(29)18-14(21)4-3-5-15(18)22/h3-4,10-11,15-16H,2,5-9,12H2,1H3,(H,27,29)/t15-,16+/m0/s1. The molecule has 1 N–H and O–H groups in total. The molecular weight excluding hydrogens is 421 g/mol. The van der Waals surface area contributed by atoms with E-state index in [2.05, 4.69) is 15.3 Å². The molecule has 0 unspecified atom stereocenters. The molecule has 1 fully saturated rings. The second kappa shape index (κ2) is 9.49. The Labute approximate surface area is 179 Å². The Morgan fingerprint density at radius 3 is 2.59 bits per heavy atom. The van der Waals surface area contributed by atoms with Gasteiger partial charge in [-0.3, -0.25) is 9.69 Å². The molecule has 9 heteroatoms. The maximum Gasteiger partial charge on any atom is 0.250 e. The van der Waals surface area contributed by atoms with Crippen molar-refractivity contribution in [2.75, 3.05) is 19.6 Å². The number of nitrogens with one attached hydrogen (secondary N) is 1. The molecule has 3 rings (SSSR count). The molecule has 0 bridgehead atoms. The molecule has 158 valence electrons. The number of carbonyl (C=O) groups is 1. The molecule has 0 saturated carbocycles. The average Bonchev–Trinajstić information content (AvgIpc) is 2.69. The van der Waals surface area contributed by atoms with Crippen molar-refractivity contribution >= 4 is 29.1 Å². The number of piperidine rings is 1. The van der Waals surface area contributed by atoms with E-state index in [1.165, 1.54) is 0 Å². The number of likely N-dealkylation sites (tertiary alicyclic amines) is 1. The Hall–Kier alpha value is -1.57. The van der Waals surface area contributed by atoms with Crippen molar-refractivity contribution in [1.82, 2.24) is 20.2 Å².